The molecule has 8 nitrogen and oxygen atoms in total. The highest BCUT2D eigenvalue weighted by atomic mass is 16.6. The van der Waals surface area contributed by atoms with Gasteiger partial charge in [-0.2, -0.15) is 0 Å². The summed E-state index contributed by atoms with van der Waals surface area (Å²) in [6.07, 6.45) is 9.30. The summed E-state index contributed by atoms with van der Waals surface area (Å²) in [4.78, 5) is 44.3. The number of nitrogens with zero attached hydrogens (tertiary/aromatic N) is 2. The zero-order valence-electron chi connectivity index (χ0n) is 20.2. The van der Waals surface area contributed by atoms with Gasteiger partial charge in [0, 0.05) is 18.8 Å². The van der Waals surface area contributed by atoms with Gasteiger partial charge in [-0.25, -0.2) is 0 Å². The SMILES string of the molecule is Cc1cccc(C)c1N1CC=C[C@]23O[C@@H]4/C=C\CCCCOC(=O)[C@@H]4[C@H]2C(=O)N(CCO)C3C1=O. The van der Waals surface area contributed by atoms with Crippen LogP contribution in [0.25, 0.3) is 0 Å². The van der Waals surface area contributed by atoms with Gasteiger partial charge in [0.15, 0.2) is 0 Å². The molecular formula is C27H32N2O6. The number of ether oxygens (including phenoxy) is 2. The van der Waals surface area contributed by atoms with E-state index in [-0.39, 0.29) is 25.0 Å². The van der Waals surface area contributed by atoms with E-state index in [9.17, 15) is 19.5 Å². The first-order valence-electron chi connectivity index (χ1n) is 12.4. The van der Waals surface area contributed by atoms with Crippen molar-refractivity contribution < 1.29 is 29.0 Å². The van der Waals surface area contributed by atoms with Gasteiger partial charge in [0.1, 0.15) is 17.6 Å². The first-order valence-corrected chi connectivity index (χ1v) is 12.4. The quantitative estimate of drug-likeness (QED) is 0.526. The van der Waals surface area contributed by atoms with Crippen LogP contribution in [-0.4, -0.2) is 71.8 Å². The van der Waals surface area contributed by atoms with Crippen LogP contribution in [0.4, 0.5) is 5.69 Å². The molecule has 5 rings (SSSR count). The maximum atomic E-state index is 14.2. The Labute approximate surface area is 205 Å². The largest absolute Gasteiger partial charge is 0.465 e. The smallest absolute Gasteiger partial charge is 0.312 e. The van der Waals surface area contributed by atoms with Gasteiger partial charge < -0.3 is 24.4 Å². The van der Waals surface area contributed by atoms with Crippen LogP contribution in [0.2, 0.25) is 0 Å². The molecule has 1 N–H and O–H groups in total. The second-order valence-corrected chi connectivity index (χ2v) is 9.78. The zero-order chi connectivity index (χ0) is 24.7. The number of para-hydroxylation sites is 1. The van der Waals surface area contributed by atoms with E-state index in [0.717, 1.165) is 36.1 Å². The lowest BCUT2D eigenvalue weighted by Crippen LogP contribution is -2.56. The molecule has 4 aliphatic heterocycles. The van der Waals surface area contributed by atoms with Crippen molar-refractivity contribution in [2.75, 3.05) is 31.2 Å². The highest BCUT2D eigenvalue weighted by Gasteiger charge is 2.71. The Hall–Kier alpha value is -2.97. The molecule has 35 heavy (non-hydrogen) atoms. The standard InChI is InChI=1S/C27H32N2O6/c1-17-9-7-10-18(2)22(17)28-13-8-12-27-21(24(31)29(14-15-30)23(27)25(28)32)20-19(35-27)11-5-3-4-6-16-34-26(20)33/h5,7-12,19-21,23,30H,3-4,6,13-16H2,1-2H3/b11-5-/t19-,20+,21+,23?,27+/m1/s1. The number of β-amino-alcohol motifs (C(OH)–C–C–N with tert-alkyl or cyclic N) is 1. The first-order chi connectivity index (χ1) is 16.9. The van der Waals surface area contributed by atoms with E-state index in [1.807, 2.05) is 50.3 Å². The average molecular weight is 481 g/mol. The number of cyclic esters (lactones) is 1. The maximum Gasteiger partial charge on any atom is 0.312 e. The molecule has 4 heterocycles. The molecule has 5 atom stereocenters. The second kappa shape index (κ2) is 9.24. The summed E-state index contributed by atoms with van der Waals surface area (Å²) in [5.74, 6) is -2.87. The van der Waals surface area contributed by atoms with E-state index < -0.39 is 35.6 Å². The first kappa shape index (κ1) is 23.8. The van der Waals surface area contributed by atoms with Crippen molar-refractivity contribution in [3.63, 3.8) is 0 Å². The highest BCUT2D eigenvalue weighted by molar-refractivity contribution is 6.06. The summed E-state index contributed by atoms with van der Waals surface area (Å²) < 4.78 is 12.1. The van der Waals surface area contributed by atoms with Gasteiger partial charge in [0.25, 0.3) is 5.91 Å². The molecule has 186 valence electrons. The van der Waals surface area contributed by atoms with Gasteiger partial charge in [0.2, 0.25) is 5.91 Å². The van der Waals surface area contributed by atoms with E-state index in [1.165, 1.54) is 4.90 Å². The minimum atomic E-state index is -1.32. The molecule has 2 fully saturated rings. The molecular weight excluding hydrogens is 448 g/mol. The topological polar surface area (TPSA) is 96.4 Å². The van der Waals surface area contributed by atoms with Crippen LogP contribution in [0.3, 0.4) is 0 Å². The fraction of sp³-hybridized carbons (Fsp3) is 0.519. The Morgan fingerprint density at radius 2 is 1.86 bits per heavy atom. The fourth-order valence-corrected chi connectivity index (χ4v) is 6.20. The fourth-order valence-electron chi connectivity index (χ4n) is 6.20. The summed E-state index contributed by atoms with van der Waals surface area (Å²) in [6, 6.07) is 4.85. The number of anilines is 1. The number of hydrogen-bond donors (Lipinski definition) is 1. The van der Waals surface area contributed by atoms with Gasteiger partial charge in [-0.15, -0.1) is 0 Å². The lowest BCUT2D eigenvalue weighted by molar-refractivity contribution is -0.154. The molecule has 8 heteroatoms. The molecule has 2 saturated heterocycles. The number of rotatable bonds is 3. The van der Waals surface area contributed by atoms with Crippen molar-refractivity contribution in [1.29, 1.82) is 0 Å². The number of carbonyl (C=O) groups is 3. The van der Waals surface area contributed by atoms with Crippen molar-refractivity contribution >= 4 is 23.5 Å². The third-order valence-corrected chi connectivity index (χ3v) is 7.65. The Morgan fingerprint density at radius 3 is 2.60 bits per heavy atom. The number of carbonyl (C=O) groups excluding carboxylic acids is 3. The predicted molar refractivity (Wildman–Crippen MR) is 129 cm³/mol. The van der Waals surface area contributed by atoms with Crippen molar-refractivity contribution in [3.05, 3.63) is 53.6 Å². The van der Waals surface area contributed by atoms with E-state index in [0.29, 0.717) is 13.2 Å². The number of esters is 1. The van der Waals surface area contributed by atoms with Crippen LogP contribution >= 0.6 is 0 Å². The predicted octanol–water partition coefficient (Wildman–Crippen LogP) is 2.06. The van der Waals surface area contributed by atoms with Crippen molar-refractivity contribution in [3.8, 4) is 0 Å². The van der Waals surface area contributed by atoms with Crippen LogP contribution < -0.4 is 4.90 Å². The van der Waals surface area contributed by atoms with E-state index >= 15 is 0 Å². The highest BCUT2D eigenvalue weighted by Crippen LogP contribution is 2.53. The van der Waals surface area contributed by atoms with Gasteiger partial charge in [-0.1, -0.05) is 42.5 Å². The van der Waals surface area contributed by atoms with Gasteiger partial charge >= 0.3 is 5.97 Å². The lowest BCUT2D eigenvalue weighted by Gasteiger charge is -2.35. The minimum Gasteiger partial charge on any atom is -0.465 e. The Balaban J connectivity index is 1.62. The molecule has 2 amide bonds. The van der Waals surface area contributed by atoms with Crippen molar-refractivity contribution in [2.45, 2.75) is 50.9 Å². The average Bonchev–Trinajstić information content (AvgIpc) is 3.20. The summed E-state index contributed by atoms with van der Waals surface area (Å²) in [6.45, 7) is 4.19. The molecule has 4 aliphatic rings. The Morgan fingerprint density at radius 1 is 1.09 bits per heavy atom. The Kier molecular flexibility index (Phi) is 6.27. The molecule has 1 unspecified atom stereocenters. The Bertz CT molecular complexity index is 1080. The van der Waals surface area contributed by atoms with Crippen LogP contribution in [0.5, 0.6) is 0 Å². The second-order valence-electron chi connectivity index (χ2n) is 9.78. The molecule has 0 aromatic heterocycles. The lowest BCUT2D eigenvalue weighted by atomic mass is 9.78. The summed E-state index contributed by atoms with van der Waals surface area (Å²) >= 11 is 0. The molecule has 0 radical (unpaired) electrons. The molecule has 0 bridgehead atoms. The number of benzene rings is 1. The molecule has 1 spiro atoms. The monoisotopic (exact) mass is 480 g/mol. The number of likely N-dealkylation sites (tertiary alicyclic amines) is 1. The summed E-state index contributed by atoms with van der Waals surface area (Å²) in [5, 5.41) is 9.78. The summed E-state index contributed by atoms with van der Waals surface area (Å²) in [5.41, 5.74) is 1.38. The van der Waals surface area contributed by atoms with Crippen LogP contribution in [0.15, 0.2) is 42.5 Å². The number of hydrogen-bond acceptors (Lipinski definition) is 6. The molecule has 1 aromatic rings. The van der Waals surface area contributed by atoms with Gasteiger partial charge in [-0.05, 0) is 44.2 Å². The van der Waals surface area contributed by atoms with E-state index in [1.54, 1.807) is 11.0 Å². The zero-order valence-corrected chi connectivity index (χ0v) is 20.2. The number of amides is 2. The van der Waals surface area contributed by atoms with Crippen LogP contribution in [0, 0.1) is 25.7 Å². The van der Waals surface area contributed by atoms with Crippen LogP contribution in [0.1, 0.15) is 30.4 Å². The third kappa shape index (κ3) is 3.70. The van der Waals surface area contributed by atoms with Crippen molar-refractivity contribution in [1.82, 2.24) is 4.90 Å². The number of aryl methyl sites for hydroxylation is 2. The van der Waals surface area contributed by atoms with Gasteiger partial charge in [0.05, 0.1) is 25.2 Å². The van der Waals surface area contributed by atoms with E-state index in [2.05, 4.69) is 0 Å². The molecule has 1 aromatic carbocycles. The number of allylic oxidation sites excluding steroid dienone is 1. The van der Waals surface area contributed by atoms with E-state index in [4.69, 9.17) is 9.47 Å². The number of fused-ring (bicyclic) bond motifs is 2. The third-order valence-electron chi connectivity index (χ3n) is 7.65. The van der Waals surface area contributed by atoms with Gasteiger partial charge in [-0.3, -0.25) is 14.4 Å². The summed E-state index contributed by atoms with van der Waals surface area (Å²) in [7, 11) is 0. The molecule has 0 aliphatic carbocycles. The maximum absolute atomic E-state index is 14.2. The van der Waals surface area contributed by atoms with Crippen LogP contribution in [-0.2, 0) is 23.9 Å². The molecule has 0 saturated carbocycles. The number of aliphatic hydroxyl groups excluding tert-OH is 1. The number of aliphatic hydroxyl groups is 1. The van der Waals surface area contributed by atoms with Crippen molar-refractivity contribution in [2.24, 2.45) is 11.8 Å². The normalized spacial score (nSPS) is 33.6. The minimum absolute atomic E-state index is 0.0203.